The Labute approximate surface area is 58.3 Å². The van der Waals surface area contributed by atoms with Crippen molar-refractivity contribution in [3.8, 4) is 0 Å². The van der Waals surface area contributed by atoms with Gasteiger partial charge in [0.15, 0.2) is 5.76 Å². The van der Waals surface area contributed by atoms with Gasteiger partial charge in [-0.15, -0.1) is 0 Å². The molecule has 1 heterocycles. The number of carboxylic acid groups (broad SMARTS) is 1. The lowest BCUT2D eigenvalue weighted by molar-refractivity contribution is -0.137. The Morgan fingerprint density at radius 1 is 1.90 bits per heavy atom. The van der Waals surface area contributed by atoms with Crippen molar-refractivity contribution in [2.75, 3.05) is 6.61 Å². The highest BCUT2D eigenvalue weighted by Gasteiger charge is 2.15. The third-order valence-corrected chi connectivity index (χ3v) is 1.27. The first-order valence-corrected chi connectivity index (χ1v) is 3.02. The van der Waals surface area contributed by atoms with Gasteiger partial charge in [-0.25, -0.2) is 4.79 Å². The largest absolute Gasteiger partial charge is 0.485 e. The molecule has 1 aliphatic heterocycles. The van der Waals surface area contributed by atoms with Crippen LogP contribution in [0.3, 0.4) is 0 Å². The number of aliphatic carboxylic acids is 1. The third kappa shape index (κ3) is 1.48. The molecule has 0 aromatic carbocycles. The van der Waals surface area contributed by atoms with E-state index in [4.69, 9.17) is 15.6 Å². The SMILES string of the molecule is NC1CC=C(C(=O)O)OC1. The number of ether oxygens (including phenoxy) is 1. The van der Waals surface area contributed by atoms with Gasteiger partial charge in [-0.2, -0.15) is 0 Å². The lowest BCUT2D eigenvalue weighted by atomic mass is 10.2. The molecule has 0 spiro atoms. The molecule has 0 saturated carbocycles. The summed E-state index contributed by atoms with van der Waals surface area (Å²) in [5.41, 5.74) is 5.43. The van der Waals surface area contributed by atoms with Gasteiger partial charge in [0.25, 0.3) is 0 Å². The number of hydrogen-bond acceptors (Lipinski definition) is 3. The van der Waals surface area contributed by atoms with Gasteiger partial charge >= 0.3 is 5.97 Å². The number of hydrogen-bond donors (Lipinski definition) is 2. The topological polar surface area (TPSA) is 72.6 Å². The molecule has 1 aliphatic rings. The minimum atomic E-state index is -1.02. The Bertz CT molecular complexity index is 176. The molecule has 0 bridgehead atoms. The van der Waals surface area contributed by atoms with Crippen LogP contribution < -0.4 is 5.73 Å². The van der Waals surface area contributed by atoms with Crippen molar-refractivity contribution >= 4 is 5.97 Å². The maximum absolute atomic E-state index is 10.2. The Morgan fingerprint density at radius 2 is 2.60 bits per heavy atom. The quantitative estimate of drug-likeness (QED) is 0.528. The molecule has 10 heavy (non-hydrogen) atoms. The predicted molar refractivity (Wildman–Crippen MR) is 34.3 cm³/mol. The van der Waals surface area contributed by atoms with Crippen LogP contribution >= 0.6 is 0 Å². The zero-order valence-corrected chi connectivity index (χ0v) is 5.41. The van der Waals surface area contributed by atoms with E-state index in [1.54, 1.807) is 0 Å². The molecule has 0 saturated heterocycles. The van der Waals surface area contributed by atoms with Crippen LogP contribution in [0.15, 0.2) is 11.8 Å². The van der Waals surface area contributed by atoms with Crippen molar-refractivity contribution < 1.29 is 14.6 Å². The molecule has 0 aromatic heterocycles. The highest BCUT2D eigenvalue weighted by Crippen LogP contribution is 2.08. The van der Waals surface area contributed by atoms with Crippen molar-refractivity contribution in [2.24, 2.45) is 5.73 Å². The van der Waals surface area contributed by atoms with Gasteiger partial charge in [0.2, 0.25) is 0 Å². The molecular weight excluding hydrogens is 134 g/mol. The van der Waals surface area contributed by atoms with Crippen molar-refractivity contribution in [1.29, 1.82) is 0 Å². The summed E-state index contributed by atoms with van der Waals surface area (Å²) in [4.78, 5) is 10.2. The monoisotopic (exact) mass is 143 g/mol. The first-order chi connectivity index (χ1) is 4.70. The average Bonchev–Trinajstić information content (AvgIpc) is 1.88. The second-order valence-electron chi connectivity index (χ2n) is 2.18. The van der Waals surface area contributed by atoms with Crippen molar-refractivity contribution in [2.45, 2.75) is 12.5 Å². The van der Waals surface area contributed by atoms with Crippen LogP contribution in [0, 0.1) is 0 Å². The maximum Gasteiger partial charge on any atom is 0.370 e. The average molecular weight is 143 g/mol. The number of nitrogens with two attached hydrogens (primary N) is 1. The molecule has 0 aromatic rings. The highest BCUT2D eigenvalue weighted by molar-refractivity contribution is 5.84. The third-order valence-electron chi connectivity index (χ3n) is 1.27. The van der Waals surface area contributed by atoms with Gasteiger partial charge in [0.1, 0.15) is 6.61 Å². The van der Waals surface area contributed by atoms with Crippen molar-refractivity contribution in [1.82, 2.24) is 0 Å². The molecule has 1 unspecified atom stereocenters. The van der Waals surface area contributed by atoms with E-state index < -0.39 is 5.97 Å². The summed E-state index contributed by atoms with van der Waals surface area (Å²) in [5.74, 6) is -1.01. The van der Waals surface area contributed by atoms with E-state index in [1.165, 1.54) is 6.08 Å². The summed E-state index contributed by atoms with van der Waals surface area (Å²) in [6.07, 6.45) is 2.08. The summed E-state index contributed by atoms with van der Waals surface area (Å²) in [5, 5.41) is 8.39. The normalized spacial score (nSPS) is 24.9. The Hall–Kier alpha value is -1.03. The standard InChI is InChI=1S/C6H9NO3/c7-4-1-2-5(6(8)9)10-3-4/h2,4H,1,3,7H2,(H,8,9). The van der Waals surface area contributed by atoms with Crippen LogP contribution in [0.2, 0.25) is 0 Å². The molecular formula is C6H9NO3. The molecule has 0 fully saturated rings. The zero-order chi connectivity index (χ0) is 7.56. The minimum absolute atomic E-state index is 0.0155. The lowest BCUT2D eigenvalue weighted by Crippen LogP contribution is -2.29. The molecule has 0 radical (unpaired) electrons. The van der Waals surface area contributed by atoms with Crippen molar-refractivity contribution in [3.63, 3.8) is 0 Å². The Balaban J connectivity index is 2.56. The fraction of sp³-hybridized carbons (Fsp3) is 0.500. The van der Waals surface area contributed by atoms with E-state index in [1.807, 2.05) is 0 Å². The van der Waals surface area contributed by atoms with Gasteiger partial charge in [-0.05, 0) is 12.5 Å². The van der Waals surface area contributed by atoms with Crippen LogP contribution in [0.1, 0.15) is 6.42 Å². The summed E-state index contributed by atoms with van der Waals surface area (Å²) in [6.45, 7) is 0.304. The fourth-order valence-electron chi connectivity index (χ4n) is 0.731. The molecule has 0 amide bonds. The minimum Gasteiger partial charge on any atom is -0.485 e. The van der Waals surface area contributed by atoms with Gasteiger partial charge in [-0.1, -0.05) is 0 Å². The van der Waals surface area contributed by atoms with Gasteiger partial charge in [-0.3, -0.25) is 0 Å². The number of carboxylic acids is 1. The number of carbonyl (C=O) groups is 1. The molecule has 3 N–H and O–H groups in total. The molecule has 1 rings (SSSR count). The van der Waals surface area contributed by atoms with Gasteiger partial charge < -0.3 is 15.6 Å². The molecule has 1 atom stereocenters. The smallest absolute Gasteiger partial charge is 0.370 e. The zero-order valence-electron chi connectivity index (χ0n) is 5.41. The Kier molecular flexibility index (Phi) is 1.91. The first kappa shape index (κ1) is 7.08. The number of rotatable bonds is 1. The van der Waals surface area contributed by atoms with Crippen LogP contribution in [0.25, 0.3) is 0 Å². The first-order valence-electron chi connectivity index (χ1n) is 3.02. The lowest BCUT2D eigenvalue weighted by Gasteiger charge is -2.16. The van der Waals surface area contributed by atoms with Crippen LogP contribution in [0.4, 0.5) is 0 Å². The van der Waals surface area contributed by atoms with E-state index in [9.17, 15) is 4.79 Å². The maximum atomic E-state index is 10.2. The highest BCUT2D eigenvalue weighted by atomic mass is 16.5. The van der Waals surface area contributed by atoms with Crippen molar-refractivity contribution in [3.05, 3.63) is 11.8 Å². The Morgan fingerprint density at radius 3 is 3.00 bits per heavy atom. The molecule has 4 heteroatoms. The van der Waals surface area contributed by atoms with Gasteiger partial charge in [0.05, 0.1) is 0 Å². The van der Waals surface area contributed by atoms with Gasteiger partial charge in [0, 0.05) is 6.04 Å². The molecule has 56 valence electrons. The van der Waals surface area contributed by atoms with E-state index in [-0.39, 0.29) is 11.8 Å². The second kappa shape index (κ2) is 2.70. The van der Waals surface area contributed by atoms with E-state index in [0.717, 1.165) is 0 Å². The van der Waals surface area contributed by atoms with E-state index >= 15 is 0 Å². The molecule has 0 aliphatic carbocycles. The summed E-state index contributed by atoms with van der Waals surface area (Å²) in [6, 6.07) is -0.0527. The predicted octanol–water partition coefficient (Wildman–Crippen LogP) is -0.298. The van der Waals surface area contributed by atoms with Crippen LogP contribution in [-0.4, -0.2) is 23.7 Å². The summed E-state index contributed by atoms with van der Waals surface area (Å²) >= 11 is 0. The second-order valence-corrected chi connectivity index (χ2v) is 2.18. The summed E-state index contributed by atoms with van der Waals surface area (Å²) in [7, 11) is 0. The van der Waals surface area contributed by atoms with Crippen LogP contribution in [-0.2, 0) is 9.53 Å². The molecule has 4 nitrogen and oxygen atoms in total. The van der Waals surface area contributed by atoms with E-state index in [0.29, 0.717) is 13.0 Å². The van der Waals surface area contributed by atoms with E-state index in [2.05, 4.69) is 0 Å². The fourth-order valence-corrected chi connectivity index (χ4v) is 0.731. The van der Waals surface area contributed by atoms with Crippen LogP contribution in [0.5, 0.6) is 0 Å². The summed E-state index contributed by atoms with van der Waals surface area (Å²) < 4.78 is 4.79.